The van der Waals surface area contributed by atoms with Crippen molar-refractivity contribution in [2.75, 3.05) is 0 Å². The molecule has 6 rings (SSSR count). The summed E-state index contributed by atoms with van der Waals surface area (Å²) in [5, 5.41) is 4.16. The minimum absolute atomic E-state index is 0.625. The molecule has 1 aliphatic heterocycles. The zero-order chi connectivity index (χ0) is 15.0. The fourth-order valence-electron chi connectivity index (χ4n) is 4.24. The van der Waals surface area contributed by atoms with Crippen LogP contribution in [0.4, 0.5) is 0 Å². The molecule has 0 radical (unpaired) electrons. The summed E-state index contributed by atoms with van der Waals surface area (Å²) in [5.74, 6) is 2.61. The second kappa shape index (κ2) is 4.17. The van der Waals surface area contributed by atoms with Crippen molar-refractivity contribution < 1.29 is 4.42 Å². The Bertz CT molecular complexity index is 1030. The maximum Gasteiger partial charge on any atom is 0.134 e. The van der Waals surface area contributed by atoms with Gasteiger partial charge >= 0.3 is 0 Å². The van der Waals surface area contributed by atoms with Gasteiger partial charge in [0.15, 0.2) is 0 Å². The summed E-state index contributed by atoms with van der Waals surface area (Å²) in [4.78, 5) is 0. The summed E-state index contributed by atoms with van der Waals surface area (Å²) in [6.07, 6.45) is 5.22. The first-order valence-corrected chi connectivity index (χ1v) is 8.77. The molecule has 0 amide bonds. The van der Waals surface area contributed by atoms with E-state index in [1.165, 1.54) is 58.7 Å². The van der Waals surface area contributed by atoms with Gasteiger partial charge in [0, 0.05) is 22.4 Å². The van der Waals surface area contributed by atoms with Gasteiger partial charge in [-0.1, -0.05) is 42.5 Å². The van der Waals surface area contributed by atoms with Crippen molar-refractivity contribution in [2.45, 2.75) is 37.5 Å². The van der Waals surface area contributed by atoms with Crippen molar-refractivity contribution in [3.8, 4) is 11.1 Å². The SMILES string of the molecule is c1ccc2c3c(C4CC4)c4ccccc4c-3c(C3CC3)oc2c1. The van der Waals surface area contributed by atoms with Crippen molar-refractivity contribution >= 4 is 21.7 Å². The van der Waals surface area contributed by atoms with Gasteiger partial charge in [-0.05, 0) is 54.0 Å². The van der Waals surface area contributed by atoms with Gasteiger partial charge < -0.3 is 4.42 Å². The zero-order valence-electron chi connectivity index (χ0n) is 13.0. The summed E-state index contributed by atoms with van der Waals surface area (Å²) >= 11 is 0. The molecule has 2 saturated carbocycles. The van der Waals surface area contributed by atoms with Crippen molar-refractivity contribution in [1.29, 1.82) is 0 Å². The van der Waals surface area contributed by atoms with Crippen LogP contribution in [0.2, 0.25) is 0 Å². The second-order valence-corrected chi connectivity index (χ2v) is 7.22. The first-order valence-electron chi connectivity index (χ1n) is 8.77. The molecule has 2 fully saturated rings. The van der Waals surface area contributed by atoms with Crippen LogP contribution < -0.4 is 0 Å². The molecule has 0 aromatic heterocycles. The van der Waals surface area contributed by atoms with Gasteiger partial charge in [-0.3, -0.25) is 0 Å². The summed E-state index contributed by atoms with van der Waals surface area (Å²) in [6, 6.07) is 17.6. The largest absolute Gasteiger partial charge is 0.460 e. The van der Waals surface area contributed by atoms with Gasteiger partial charge in [-0.25, -0.2) is 0 Å². The number of rotatable bonds is 2. The molecule has 0 spiro atoms. The summed E-state index contributed by atoms with van der Waals surface area (Å²) in [7, 11) is 0. The Morgan fingerprint density at radius 1 is 0.652 bits per heavy atom. The van der Waals surface area contributed by atoms with Crippen LogP contribution >= 0.6 is 0 Å². The fraction of sp³-hybridized carbons (Fsp3) is 0.273. The molecule has 2 aromatic rings. The lowest BCUT2D eigenvalue weighted by atomic mass is 9.96. The van der Waals surface area contributed by atoms with Crippen molar-refractivity contribution in [1.82, 2.24) is 0 Å². The Labute approximate surface area is 135 Å². The number of hydrogen-bond acceptors (Lipinski definition) is 1. The lowest BCUT2D eigenvalue weighted by Gasteiger charge is -2.13. The van der Waals surface area contributed by atoms with Gasteiger partial charge in [-0.15, -0.1) is 0 Å². The van der Waals surface area contributed by atoms with Gasteiger partial charge in [0.2, 0.25) is 0 Å². The molecule has 0 bridgehead atoms. The van der Waals surface area contributed by atoms with E-state index in [-0.39, 0.29) is 0 Å². The van der Waals surface area contributed by atoms with E-state index >= 15 is 0 Å². The normalized spacial score (nSPS) is 18.3. The smallest absolute Gasteiger partial charge is 0.134 e. The number of hydrogen-bond donors (Lipinski definition) is 0. The average Bonchev–Trinajstić information content (AvgIpc) is 3.50. The highest BCUT2D eigenvalue weighted by molar-refractivity contribution is 6.14. The summed E-state index contributed by atoms with van der Waals surface area (Å²) in [5.41, 5.74) is 5.53. The highest BCUT2D eigenvalue weighted by atomic mass is 16.3. The molecule has 23 heavy (non-hydrogen) atoms. The third-order valence-electron chi connectivity index (χ3n) is 5.56. The van der Waals surface area contributed by atoms with Gasteiger partial charge in [-0.2, -0.15) is 0 Å². The predicted molar refractivity (Wildman–Crippen MR) is 94.3 cm³/mol. The van der Waals surface area contributed by atoms with Crippen molar-refractivity contribution in [3.63, 3.8) is 0 Å². The quantitative estimate of drug-likeness (QED) is 0.414. The monoisotopic (exact) mass is 298 g/mol. The van der Waals surface area contributed by atoms with E-state index in [0.717, 1.165) is 11.5 Å². The van der Waals surface area contributed by atoms with Crippen LogP contribution in [0.15, 0.2) is 52.9 Å². The number of fused-ring (bicyclic) bond motifs is 5. The van der Waals surface area contributed by atoms with Crippen LogP contribution in [0.5, 0.6) is 0 Å². The van der Waals surface area contributed by atoms with Crippen molar-refractivity contribution in [3.05, 3.63) is 59.9 Å². The van der Waals surface area contributed by atoms with Crippen LogP contribution in [-0.2, 0) is 0 Å². The minimum atomic E-state index is 0.625. The zero-order valence-corrected chi connectivity index (χ0v) is 13.0. The maximum absolute atomic E-state index is 6.42. The molecule has 0 unspecified atom stereocenters. The van der Waals surface area contributed by atoms with Crippen LogP contribution in [0, 0.1) is 0 Å². The third-order valence-corrected chi connectivity index (χ3v) is 5.56. The molecular weight excluding hydrogens is 280 g/mol. The second-order valence-electron chi connectivity index (χ2n) is 7.22. The van der Waals surface area contributed by atoms with Crippen LogP contribution in [-0.4, -0.2) is 0 Å². The van der Waals surface area contributed by atoms with Crippen LogP contribution in [0.1, 0.15) is 48.8 Å². The van der Waals surface area contributed by atoms with Crippen LogP contribution in [0.25, 0.3) is 32.9 Å². The molecule has 3 aliphatic carbocycles. The van der Waals surface area contributed by atoms with E-state index in [9.17, 15) is 0 Å². The molecule has 1 nitrogen and oxygen atoms in total. The Morgan fingerprint density at radius 2 is 1.30 bits per heavy atom. The first-order chi connectivity index (χ1) is 11.4. The molecule has 4 aliphatic rings. The Hall–Kier alpha value is -2.28. The van der Waals surface area contributed by atoms with Gasteiger partial charge in [0.1, 0.15) is 11.3 Å². The van der Waals surface area contributed by atoms with Crippen LogP contribution in [0.3, 0.4) is 0 Å². The molecule has 1 heteroatoms. The van der Waals surface area contributed by atoms with Gasteiger partial charge in [0.05, 0.1) is 0 Å². The molecule has 0 atom stereocenters. The molecule has 0 saturated heterocycles. The third kappa shape index (κ3) is 1.63. The Kier molecular flexibility index (Phi) is 2.21. The van der Waals surface area contributed by atoms with E-state index in [1.807, 2.05) is 0 Å². The van der Waals surface area contributed by atoms with E-state index in [2.05, 4.69) is 48.5 Å². The fourth-order valence-corrected chi connectivity index (χ4v) is 4.24. The van der Waals surface area contributed by atoms with Crippen molar-refractivity contribution in [2.24, 2.45) is 0 Å². The molecule has 0 N–H and O–H groups in total. The standard InChI is InChI=1S/C22H18O/c1-2-6-16-15(5-1)19(13-9-10-13)20-17-7-3-4-8-18(17)23-22(21(16)20)14-11-12-14/h1-8,13-14H,9-12H2. The first kappa shape index (κ1) is 12.2. The molecular formula is C22H18O. The summed E-state index contributed by atoms with van der Waals surface area (Å²) in [6.45, 7) is 0. The summed E-state index contributed by atoms with van der Waals surface area (Å²) < 4.78 is 6.42. The number of benzene rings is 2. The minimum Gasteiger partial charge on any atom is -0.460 e. The van der Waals surface area contributed by atoms with Gasteiger partial charge in [0.25, 0.3) is 0 Å². The lowest BCUT2D eigenvalue weighted by molar-refractivity contribution is 0.543. The van der Waals surface area contributed by atoms with E-state index in [4.69, 9.17) is 4.42 Å². The highest BCUT2D eigenvalue weighted by Gasteiger charge is 2.37. The Balaban J connectivity index is 1.89. The number of para-hydroxylation sites is 1. The highest BCUT2D eigenvalue weighted by Crippen LogP contribution is 2.57. The maximum atomic E-state index is 6.42. The lowest BCUT2D eigenvalue weighted by Crippen LogP contribution is -1.91. The Morgan fingerprint density at radius 3 is 2.04 bits per heavy atom. The van der Waals surface area contributed by atoms with E-state index in [0.29, 0.717) is 5.92 Å². The molecule has 112 valence electrons. The predicted octanol–water partition coefficient (Wildman–Crippen LogP) is 6.45. The van der Waals surface area contributed by atoms with E-state index < -0.39 is 0 Å². The van der Waals surface area contributed by atoms with E-state index in [1.54, 1.807) is 5.56 Å². The topological polar surface area (TPSA) is 13.1 Å². The molecule has 2 aromatic carbocycles. The average molecular weight is 298 g/mol. The molecule has 1 heterocycles.